The van der Waals surface area contributed by atoms with E-state index in [0.29, 0.717) is 13.2 Å². The van der Waals surface area contributed by atoms with Gasteiger partial charge >= 0.3 is 0 Å². The van der Waals surface area contributed by atoms with E-state index in [1.54, 1.807) is 0 Å². The van der Waals surface area contributed by atoms with Gasteiger partial charge in [-0.25, -0.2) is 0 Å². The molecule has 5 saturated carbocycles. The van der Waals surface area contributed by atoms with Gasteiger partial charge in [0.15, 0.2) is 0 Å². The quantitative estimate of drug-likeness (QED) is 0.750. The summed E-state index contributed by atoms with van der Waals surface area (Å²) in [6.07, 6.45) is 9.46. The minimum absolute atomic E-state index is 0.109. The molecule has 2 heteroatoms. The first-order valence-electron chi connectivity index (χ1n) is 8.50. The van der Waals surface area contributed by atoms with E-state index in [9.17, 15) is 10.2 Å². The Kier molecular flexibility index (Phi) is 2.06. The van der Waals surface area contributed by atoms with Crippen molar-refractivity contribution in [3.8, 4) is 0 Å². The standard InChI is InChI=1S/C17H26O2/c18-8-16-7-13(12-2-1-3-14(12)16)15-10-4-5-11(6-10)17(15,16)9-19/h10-15,18-19H,1-9H2. The van der Waals surface area contributed by atoms with E-state index in [1.807, 2.05) is 0 Å². The van der Waals surface area contributed by atoms with Crippen molar-refractivity contribution in [1.29, 1.82) is 0 Å². The summed E-state index contributed by atoms with van der Waals surface area (Å²) in [5.74, 6) is 4.87. The van der Waals surface area contributed by atoms with E-state index in [1.165, 1.54) is 44.9 Å². The van der Waals surface area contributed by atoms with Crippen LogP contribution in [0.3, 0.4) is 0 Å². The molecule has 5 rings (SSSR count). The summed E-state index contributed by atoms with van der Waals surface area (Å²) in [7, 11) is 0. The van der Waals surface area contributed by atoms with E-state index in [-0.39, 0.29) is 10.8 Å². The molecule has 5 aliphatic rings. The molecule has 0 heterocycles. The lowest BCUT2D eigenvalue weighted by molar-refractivity contribution is -0.144. The molecule has 0 aromatic heterocycles. The maximum absolute atomic E-state index is 10.4. The number of aliphatic hydroxyl groups excluding tert-OH is 2. The molecule has 0 saturated heterocycles. The Hall–Kier alpha value is -0.0800. The van der Waals surface area contributed by atoms with E-state index >= 15 is 0 Å². The highest BCUT2D eigenvalue weighted by Crippen LogP contribution is 2.82. The Morgan fingerprint density at radius 2 is 1.84 bits per heavy atom. The molecule has 2 N–H and O–H groups in total. The first kappa shape index (κ1) is 11.6. The van der Waals surface area contributed by atoms with Crippen molar-refractivity contribution in [2.24, 2.45) is 46.3 Å². The van der Waals surface area contributed by atoms with E-state index in [2.05, 4.69) is 0 Å². The van der Waals surface area contributed by atoms with E-state index in [4.69, 9.17) is 0 Å². The SMILES string of the molecule is OCC12CC(C3CCCC31)C1C3CCC(C3)C12CO. The number of hydrogen-bond donors (Lipinski definition) is 2. The second-order valence-electron chi connectivity index (χ2n) is 8.38. The lowest BCUT2D eigenvalue weighted by atomic mass is 9.49. The van der Waals surface area contributed by atoms with Crippen molar-refractivity contribution in [2.75, 3.05) is 13.2 Å². The summed E-state index contributed by atoms with van der Waals surface area (Å²) >= 11 is 0. The highest BCUT2D eigenvalue weighted by atomic mass is 16.3. The van der Waals surface area contributed by atoms with Gasteiger partial charge in [0.25, 0.3) is 0 Å². The molecule has 19 heavy (non-hydrogen) atoms. The van der Waals surface area contributed by atoms with Gasteiger partial charge in [0.05, 0.1) is 0 Å². The summed E-state index contributed by atoms with van der Waals surface area (Å²) < 4.78 is 0. The van der Waals surface area contributed by atoms with Crippen molar-refractivity contribution >= 4 is 0 Å². The lowest BCUT2D eigenvalue weighted by Crippen LogP contribution is -2.56. The zero-order chi connectivity index (χ0) is 12.8. The van der Waals surface area contributed by atoms with Gasteiger partial charge in [0.1, 0.15) is 0 Å². The Morgan fingerprint density at radius 3 is 2.63 bits per heavy atom. The van der Waals surface area contributed by atoms with Crippen LogP contribution >= 0.6 is 0 Å². The fourth-order valence-electron chi connectivity index (χ4n) is 8.53. The molecule has 0 aromatic carbocycles. The van der Waals surface area contributed by atoms with Crippen LogP contribution in [-0.2, 0) is 0 Å². The van der Waals surface area contributed by atoms with Gasteiger partial charge in [0, 0.05) is 24.0 Å². The van der Waals surface area contributed by atoms with Gasteiger partial charge in [-0.3, -0.25) is 0 Å². The molecule has 8 unspecified atom stereocenters. The van der Waals surface area contributed by atoms with Crippen LogP contribution in [0, 0.1) is 46.3 Å². The van der Waals surface area contributed by atoms with Crippen LogP contribution in [0.2, 0.25) is 0 Å². The van der Waals surface area contributed by atoms with Crippen LogP contribution in [0.1, 0.15) is 44.9 Å². The van der Waals surface area contributed by atoms with Gasteiger partial charge < -0.3 is 10.2 Å². The highest BCUT2D eigenvalue weighted by molar-refractivity contribution is 5.27. The summed E-state index contributed by atoms with van der Waals surface area (Å²) in [4.78, 5) is 0. The molecule has 0 spiro atoms. The smallest absolute Gasteiger partial charge is 0.0499 e. The van der Waals surface area contributed by atoms with Crippen molar-refractivity contribution < 1.29 is 10.2 Å². The Bertz CT molecular complexity index is 421. The van der Waals surface area contributed by atoms with Crippen LogP contribution in [0.25, 0.3) is 0 Å². The van der Waals surface area contributed by atoms with Crippen LogP contribution in [0.15, 0.2) is 0 Å². The summed E-state index contributed by atoms with van der Waals surface area (Å²) in [6, 6.07) is 0. The molecule has 0 radical (unpaired) electrons. The third-order valence-electron chi connectivity index (χ3n) is 8.67. The molecular formula is C17H26O2. The number of fused-ring (bicyclic) bond motifs is 12. The average molecular weight is 262 g/mol. The molecular weight excluding hydrogens is 236 g/mol. The predicted octanol–water partition coefficient (Wildman–Crippen LogP) is 2.44. The first-order valence-corrected chi connectivity index (χ1v) is 8.50. The molecule has 106 valence electrons. The first-order chi connectivity index (χ1) is 9.28. The summed E-state index contributed by atoms with van der Waals surface area (Å²) in [6.45, 7) is 0.712. The van der Waals surface area contributed by atoms with Crippen molar-refractivity contribution in [3.63, 3.8) is 0 Å². The second kappa shape index (κ2) is 3.39. The lowest BCUT2D eigenvalue weighted by Gasteiger charge is -2.56. The van der Waals surface area contributed by atoms with Crippen molar-refractivity contribution in [1.82, 2.24) is 0 Å². The predicted molar refractivity (Wildman–Crippen MR) is 72.3 cm³/mol. The molecule has 4 bridgehead atoms. The second-order valence-corrected chi connectivity index (χ2v) is 8.38. The van der Waals surface area contributed by atoms with Gasteiger partial charge in [0.2, 0.25) is 0 Å². The number of aliphatic hydroxyl groups is 2. The van der Waals surface area contributed by atoms with Crippen LogP contribution in [0.5, 0.6) is 0 Å². The number of rotatable bonds is 2. The Morgan fingerprint density at radius 1 is 0.947 bits per heavy atom. The fraction of sp³-hybridized carbons (Fsp3) is 1.00. The monoisotopic (exact) mass is 262 g/mol. The average Bonchev–Trinajstić information content (AvgIpc) is 3.18. The van der Waals surface area contributed by atoms with Gasteiger partial charge in [-0.2, -0.15) is 0 Å². The normalized spacial score (nSPS) is 64.7. The van der Waals surface area contributed by atoms with Crippen LogP contribution in [0.4, 0.5) is 0 Å². The topological polar surface area (TPSA) is 40.5 Å². The molecule has 5 aliphatic carbocycles. The van der Waals surface area contributed by atoms with E-state index in [0.717, 1.165) is 35.5 Å². The fourth-order valence-corrected chi connectivity index (χ4v) is 8.53. The summed E-state index contributed by atoms with van der Waals surface area (Å²) in [5.41, 5.74) is 0.235. The number of hydrogen-bond acceptors (Lipinski definition) is 2. The molecule has 0 amide bonds. The maximum Gasteiger partial charge on any atom is 0.0499 e. The maximum atomic E-state index is 10.4. The zero-order valence-electron chi connectivity index (χ0n) is 11.7. The molecule has 8 atom stereocenters. The van der Waals surface area contributed by atoms with E-state index < -0.39 is 0 Å². The van der Waals surface area contributed by atoms with Crippen molar-refractivity contribution in [2.45, 2.75) is 44.9 Å². The van der Waals surface area contributed by atoms with Gasteiger partial charge in [-0.15, -0.1) is 0 Å². The zero-order valence-corrected chi connectivity index (χ0v) is 11.7. The largest absolute Gasteiger partial charge is 0.396 e. The van der Waals surface area contributed by atoms with Gasteiger partial charge in [-0.1, -0.05) is 6.42 Å². The van der Waals surface area contributed by atoms with Crippen LogP contribution in [-0.4, -0.2) is 23.4 Å². The molecule has 5 fully saturated rings. The Balaban J connectivity index is 1.71. The minimum Gasteiger partial charge on any atom is -0.396 e. The minimum atomic E-state index is 0.109. The molecule has 0 aromatic rings. The summed E-state index contributed by atoms with van der Waals surface area (Å²) in [5, 5.41) is 20.7. The third kappa shape index (κ3) is 0.956. The van der Waals surface area contributed by atoms with Crippen LogP contribution < -0.4 is 0 Å². The molecule has 2 nitrogen and oxygen atoms in total. The molecule has 0 aliphatic heterocycles. The third-order valence-corrected chi connectivity index (χ3v) is 8.67. The van der Waals surface area contributed by atoms with Crippen molar-refractivity contribution in [3.05, 3.63) is 0 Å². The Labute approximate surface area is 115 Å². The highest BCUT2D eigenvalue weighted by Gasteiger charge is 2.79. The van der Waals surface area contributed by atoms with Gasteiger partial charge in [-0.05, 0) is 74.0 Å².